The number of carbonyl (C=O) groups is 1. The van der Waals surface area contributed by atoms with Gasteiger partial charge in [-0.05, 0) is 31.5 Å². The Hall–Kier alpha value is -1.39. The molecule has 1 aliphatic rings. The summed E-state index contributed by atoms with van der Waals surface area (Å²) >= 11 is 0. The van der Waals surface area contributed by atoms with Gasteiger partial charge >= 0.3 is 5.97 Å². The van der Waals surface area contributed by atoms with Crippen molar-refractivity contribution in [3.8, 4) is 0 Å². The third-order valence-electron chi connectivity index (χ3n) is 4.25. The minimum Gasteiger partial charge on any atom is -0.480 e. The van der Waals surface area contributed by atoms with Crippen LogP contribution in [0.15, 0.2) is 30.3 Å². The van der Waals surface area contributed by atoms with Crippen molar-refractivity contribution in [2.45, 2.75) is 38.8 Å². The number of hydrogen-bond donors (Lipinski definition) is 1. The SMILES string of the molecule is CCN(Cc1ccccc1)C[C@H]1CCCCN1CC(=O)O. The van der Waals surface area contributed by atoms with E-state index in [1.165, 1.54) is 12.0 Å². The Morgan fingerprint density at radius 3 is 2.76 bits per heavy atom. The summed E-state index contributed by atoms with van der Waals surface area (Å²) in [5.74, 6) is -0.715. The quantitative estimate of drug-likeness (QED) is 0.838. The molecule has 4 nitrogen and oxygen atoms in total. The molecule has 1 saturated heterocycles. The number of piperidine rings is 1. The van der Waals surface area contributed by atoms with E-state index < -0.39 is 5.97 Å². The van der Waals surface area contributed by atoms with Crippen LogP contribution in [0.4, 0.5) is 0 Å². The van der Waals surface area contributed by atoms with Crippen molar-refractivity contribution in [2.75, 3.05) is 26.2 Å². The average molecular weight is 290 g/mol. The fraction of sp³-hybridized carbons (Fsp3) is 0.588. The zero-order valence-electron chi connectivity index (χ0n) is 12.9. The molecule has 2 rings (SSSR count). The summed E-state index contributed by atoms with van der Waals surface area (Å²) in [7, 11) is 0. The lowest BCUT2D eigenvalue weighted by atomic mass is 10.0. The lowest BCUT2D eigenvalue weighted by Crippen LogP contribution is -2.48. The average Bonchev–Trinajstić information content (AvgIpc) is 2.49. The maximum absolute atomic E-state index is 11.0. The van der Waals surface area contributed by atoms with Crippen molar-refractivity contribution in [2.24, 2.45) is 0 Å². The number of benzene rings is 1. The molecule has 0 aliphatic carbocycles. The van der Waals surface area contributed by atoms with Crippen LogP contribution in [-0.2, 0) is 11.3 Å². The van der Waals surface area contributed by atoms with Crippen LogP contribution in [0.5, 0.6) is 0 Å². The second kappa shape index (κ2) is 8.15. The Morgan fingerprint density at radius 1 is 1.33 bits per heavy atom. The van der Waals surface area contributed by atoms with Gasteiger partial charge in [0.05, 0.1) is 6.54 Å². The molecule has 1 heterocycles. The standard InChI is InChI=1S/C17H26N2O2/c1-2-18(12-15-8-4-3-5-9-15)13-16-10-6-7-11-19(16)14-17(20)21/h3-5,8-9,16H,2,6-7,10-14H2,1H3,(H,20,21)/t16-/m1/s1. The largest absolute Gasteiger partial charge is 0.480 e. The molecule has 1 atom stereocenters. The minimum atomic E-state index is -0.715. The fourth-order valence-corrected chi connectivity index (χ4v) is 3.09. The molecule has 4 heteroatoms. The van der Waals surface area contributed by atoms with Gasteiger partial charge in [0.25, 0.3) is 0 Å². The van der Waals surface area contributed by atoms with E-state index in [9.17, 15) is 4.79 Å². The smallest absolute Gasteiger partial charge is 0.317 e. The highest BCUT2D eigenvalue weighted by molar-refractivity contribution is 5.69. The van der Waals surface area contributed by atoms with Crippen LogP contribution in [0, 0.1) is 0 Å². The Morgan fingerprint density at radius 2 is 2.10 bits per heavy atom. The van der Waals surface area contributed by atoms with Crippen LogP contribution in [-0.4, -0.2) is 53.1 Å². The normalized spacial score (nSPS) is 19.8. The van der Waals surface area contributed by atoms with E-state index in [1.807, 2.05) is 6.07 Å². The zero-order chi connectivity index (χ0) is 15.1. The summed E-state index contributed by atoms with van der Waals surface area (Å²) in [5.41, 5.74) is 1.32. The third-order valence-corrected chi connectivity index (χ3v) is 4.25. The molecule has 1 fully saturated rings. The number of carboxylic acid groups (broad SMARTS) is 1. The monoisotopic (exact) mass is 290 g/mol. The van der Waals surface area contributed by atoms with Crippen molar-refractivity contribution in [1.82, 2.24) is 9.80 Å². The van der Waals surface area contributed by atoms with Gasteiger partial charge < -0.3 is 5.11 Å². The van der Waals surface area contributed by atoms with Crippen molar-refractivity contribution < 1.29 is 9.90 Å². The van der Waals surface area contributed by atoms with Gasteiger partial charge in [-0.1, -0.05) is 43.7 Å². The van der Waals surface area contributed by atoms with Crippen LogP contribution in [0.1, 0.15) is 31.7 Å². The van der Waals surface area contributed by atoms with Gasteiger partial charge in [-0.3, -0.25) is 14.6 Å². The molecule has 1 N–H and O–H groups in total. The van der Waals surface area contributed by atoms with Crippen LogP contribution in [0.2, 0.25) is 0 Å². The van der Waals surface area contributed by atoms with E-state index in [4.69, 9.17) is 5.11 Å². The molecule has 1 aliphatic heterocycles. The molecular weight excluding hydrogens is 264 g/mol. The van der Waals surface area contributed by atoms with E-state index in [-0.39, 0.29) is 6.54 Å². The van der Waals surface area contributed by atoms with Gasteiger partial charge in [0.2, 0.25) is 0 Å². The maximum Gasteiger partial charge on any atom is 0.317 e. The Balaban J connectivity index is 1.93. The molecule has 116 valence electrons. The first kappa shape index (κ1) is 16.0. The number of hydrogen-bond acceptors (Lipinski definition) is 3. The molecule has 0 amide bonds. The minimum absolute atomic E-state index is 0.174. The van der Waals surface area contributed by atoms with Crippen LogP contribution >= 0.6 is 0 Å². The molecule has 0 bridgehead atoms. The Bertz CT molecular complexity index is 436. The fourth-order valence-electron chi connectivity index (χ4n) is 3.09. The number of rotatable bonds is 7. The highest BCUT2D eigenvalue weighted by atomic mass is 16.4. The molecule has 1 aromatic rings. The first-order valence-corrected chi connectivity index (χ1v) is 7.91. The van der Waals surface area contributed by atoms with Gasteiger partial charge in [0.1, 0.15) is 0 Å². The Kier molecular flexibility index (Phi) is 6.21. The molecule has 21 heavy (non-hydrogen) atoms. The lowest BCUT2D eigenvalue weighted by molar-refractivity contribution is -0.139. The van der Waals surface area contributed by atoms with E-state index in [2.05, 4.69) is 41.0 Å². The first-order valence-electron chi connectivity index (χ1n) is 7.91. The molecule has 0 radical (unpaired) electrons. The van der Waals surface area contributed by atoms with Gasteiger partial charge in [-0.25, -0.2) is 0 Å². The first-order chi connectivity index (χ1) is 10.2. The second-order valence-electron chi connectivity index (χ2n) is 5.83. The van der Waals surface area contributed by atoms with Gasteiger partial charge in [-0.2, -0.15) is 0 Å². The lowest BCUT2D eigenvalue weighted by Gasteiger charge is -2.37. The summed E-state index contributed by atoms with van der Waals surface area (Å²) in [6.07, 6.45) is 3.44. The molecule has 0 spiro atoms. The third kappa shape index (κ3) is 5.14. The van der Waals surface area contributed by atoms with Crippen LogP contribution in [0.3, 0.4) is 0 Å². The maximum atomic E-state index is 11.0. The highest BCUT2D eigenvalue weighted by Gasteiger charge is 2.25. The molecular formula is C17H26N2O2. The number of likely N-dealkylation sites (tertiary alicyclic amines) is 1. The van der Waals surface area contributed by atoms with Gasteiger partial charge in [-0.15, -0.1) is 0 Å². The van der Waals surface area contributed by atoms with Gasteiger partial charge in [0, 0.05) is 19.1 Å². The predicted molar refractivity (Wildman–Crippen MR) is 84.2 cm³/mol. The number of likely N-dealkylation sites (N-methyl/N-ethyl adjacent to an activating group) is 1. The molecule has 0 aromatic heterocycles. The van der Waals surface area contributed by atoms with Crippen LogP contribution in [0.25, 0.3) is 0 Å². The summed E-state index contributed by atoms with van der Waals surface area (Å²) in [6, 6.07) is 10.9. The summed E-state index contributed by atoms with van der Waals surface area (Å²) in [6.45, 7) is 6.15. The second-order valence-corrected chi connectivity index (χ2v) is 5.83. The number of aliphatic carboxylic acids is 1. The molecule has 0 unspecified atom stereocenters. The molecule has 0 saturated carbocycles. The highest BCUT2D eigenvalue weighted by Crippen LogP contribution is 2.18. The van der Waals surface area contributed by atoms with E-state index in [1.54, 1.807) is 0 Å². The molecule has 1 aromatic carbocycles. The number of nitrogens with zero attached hydrogens (tertiary/aromatic N) is 2. The van der Waals surface area contributed by atoms with Crippen molar-refractivity contribution in [3.05, 3.63) is 35.9 Å². The summed E-state index contributed by atoms with van der Waals surface area (Å²) in [4.78, 5) is 15.6. The predicted octanol–water partition coefficient (Wildman–Crippen LogP) is 2.45. The van der Waals surface area contributed by atoms with E-state index in [0.717, 1.165) is 39.0 Å². The summed E-state index contributed by atoms with van der Waals surface area (Å²) < 4.78 is 0. The van der Waals surface area contributed by atoms with Crippen LogP contribution < -0.4 is 0 Å². The van der Waals surface area contributed by atoms with Gasteiger partial charge in [0.15, 0.2) is 0 Å². The summed E-state index contributed by atoms with van der Waals surface area (Å²) in [5, 5.41) is 9.05. The van der Waals surface area contributed by atoms with E-state index >= 15 is 0 Å². The van der Waals surface area contributed by atoms with E-state index in [0.29, 0.717) is 6.04 Å². The zero-order valence-corrected chi connectivity index (χ0v) is 12.9. The van der Waals surface area contributed by atoms with Crippen molar-refractivity contribution in [1.29, 1.82) is 0 Å². The van der Waals surface area contributed by atoms with Crippen molar-refractivity contribution >= 4 is 5.97 Å². The number of carboxylic acids is 1. The topological polar surface area (TPSA) is 43.8 Å². The van der Waals surface area contributed by atoms with Crippen molar-refractivity contribution in [3.63, 3.8) is 0 Å². The Labute approximate surface area is 127 Å².